The van der Waals surface area contributed by atoms with E-state index >= 15 is 0 Å². The summed E-state index contributed by atoms with van der Waals surface area (Å²) in [5, 5.41) is 1.89. The molecule has 18 heavy (non-hydrogen) atoms. The number of hydrogen-bond acceptors (Lipinski definition) is 5. The zero-order valence-electron chi connectivity index (χ0n) is 10.4. The van der Waals surface area contributed by atoms with Crippen molar-refractivity contribution in [2.75, 3.05) is 29.5 Å². The lowest BCUT2D eigenvalue weighted by Crippen LogP contribution is -2.37. The Morgan fingerprint density at radius 2 is 2.39 bits per heavy atom. The molecule has 1 aromatic carbocycles. The van der Waals surface area contributed by atoms with Crippen LogP contribution in [0.25, 0.3) is 10.2 Å². The van der Waals surface area contributed by atoms with Crippen LogP contribution in [0.3, 0.4) is 0 Å². The van der Waals surface area contributed by atoms with Gasteiger partial charge >= 0.3 is 0 Å². The van der Waals surface area contributed by atoms with Crippen molar-refractivity contribution >= 4 is 44.1 Å². The summed E-state index contributed by atoms with van der Waals surface area (Å²) in [5.41, 5.74) is 7.70. The molecule has 0 saturated carbocycles. The Labute approximate surface area is 115 Å². The van der Waals surface area contributed by atoms with Crippen LogP contribution in [0.5, 0.6) is 0 Å². The van der Waals surface area contributed by atoms with E-state index in [1.807, 2.05) is 18.2 Å². The third-order valence-electron chi connectivity index (χ3n) is 3.27. The Balaban J connectivity index is 1.89. The first-order valence-corrected chi connectivity index (χ1v) is 8.15. The molecule has 1 aliphatic rings. The van der Waals surface area contributed by atoms with Crippen molar-refractivity contribution in [3.63, 3.8) is 0 Å². The number of rotatable bonds is 2. The third-order valence-corrected chi connectivity index (χ3v) is 5.72. The number of fused-ring (bicyclic) bond motifs is 1. The summed E-state index contributed by atoms with van der Waals surface area (Å²) in [6.45, 7) is 4.49. The number of aromatic nitrogens is 1. The normalized spacial score (nSPS) is 20.5. The highest BCUT2D eigenvalue weighted by atomic mass is 32.2. The Morgan fingerprint density at radius 3 is 3.22 bits per heavy atom. The number of nitrogens with two attached hydrogens (primary N) is 1. The Hall–Kier alpha value is -0.940. The second kappa shape index (κ2) is 4.97. The monoisotopic (exact) mass is 279 g/mol. The summed E-state index contributed by atoms with van der Waals surface area (Å²) in [6.07, 6.45) is 1.24. The minimum Gasteiger partial charge on any atom is -0.399 e. The lowest BCUT2D eigenvalue weighted by Gasteiger charge is -2.31. The van der Waals surface area contributed by atoms with Gasteiger partial charge in [-0.25, -0.2) is 4.98 Å². The van der Waals surface area contributed by atoms with Gasteiger partial charge in [-0.15, -0.1) is 0 Å². The highest BCUT2D eigenvalue weighted by Gasteiger charge is 2.21. The molecular weight excluding hydrogens is 262 g/mol. The zero-order chi connectivity index (χ0) is 12.5. The van der Waals surface area contributed by atoms with E-state index in [-0.39, 0.29) is 0 Å². The summed E-state index contributed by atoms with van der Waals surface area (Å²) in [6, 6.07) is 5.96. The van der Waals surface area contributed by atoms with E-state index < -0.39 is 0 Å². The van der Waals surface area contributed by atoms with Crippen LogP contribution in [0.2, 0.25) is 0 Å². The van der Waals surface area contributed by atoms with E-state index in [4.69, 9.17) is 10.7 Å². The molecular formula is C13H17N3S2. The van der Waals surface area contributed by atoms with Crippen LogP contribution in [-0.4, -0.2) is 29.1 Å². The Morgan fingerprint density at radius 1 is 1.50 bits per heavy atom. The summed E-state index contributed by atoms with van der Waals surface area (Å²) >= 11 is 3.84. The average molecular weight is 279 g/mol. The van der Waals surface area contributed by atoms with Crippen LogP contribution in [-0.2, 0) is 0 Å². The zero-order valence-corrected chi connectivity index (χ0v) is 12.1. The van der Waals surface area contributed by atoms with Crippen LogP contribution in [0.4, 0.5) is 10.8 Å². The second-order valence-corrected chi connectivity index (χ2v) is 6.99. The minimum atomic E-state index is 0.746. The van der Waals surface area contributed by atoms with E-state index in [1.165, 1.54) is 16.9 Å². The van der Waals surface area contributed by atoms with E-state index in [0.717, 1.165) is 34.7 Å². The fraction of sp³-hybridized carbons (Fsp3) is 0.462. The first-order valence-electron chi connectivity index (χ1n) is 6.29. The van der Waals surface area contributed by atoms with E-state index in [2.05, 4.69) is 23.6 Å². The van der Waals surface area contributed by atoms with Gasteiger partial charge in [0.1, 0.15) is 0 Å². The van der Waals surface area contributed by atoms with Gasteiger partial charge in [0.2, 0.25) is 0 Å². The molecule has 3 rings (SSSR count). The fourth-order valence-corrected chi connectivity index (χ4v) is 4.43. The number of hydrogen-bond donors (Lipinski definition) is 1. The van der Waals surface area contributed by atoms with Crippen molar-refractivity contribution in [2.45, 2.75) is 18.6 Å². The predicted octanol–water partition coefficient (Wildman–Crippen LogP) is 3.21. The van der Waals surface area contributed by atoms with Crippen LogP contribution >= 0.6 is 23.1 Å². The van der Waals surface area contributed by atoms with Gasteiger partial charge in [0.15, 0.2) is 5.13 Å². The molecule has 1 fully saturated rings. The van der Waals surface area contributed by atoms with Crippen molar-refractivity contribution in [3.8, 4) is 0 Å². The Bertz CT molecular complexity index is 552. The van der Waals surface area contributed by atoms with E-state index in [0.29, 0.717) is 0 Å². The number of nitrogen functional groups attached to an aromatic ring is 1. The topological polar surface area (TPSA) is 42.2 Å². The molecule has 2 N–H and O–H groups in total. The molecule has 2 aromatic rings. The van der Waals surface area contributed by atoms with Gasteiger partial charge in [-0.3, -0.25) is 0 Å². The molecule has 1 aromatic heterocycles. The molecule has 5 heteroatoms. The largest absolute Gasteiger partial charge is 0.399 e. The molecule has 1 saturated heterocycles. The van der Waals surface area contributed by atoms with Gasteiger partial charge in [0.05, 0.1) is 10.2 Å². The predicted molar refractivity (Wildman–Crippen MR) is 82.8 cm³/mol. The molecule has 0 amide bonds. The number of nitrogens with zero attached hydrogens (tertiary/aromatic N) is 2. The van der Waals surface area contributed by atoms with Gasteiger partial charge in [-0.05, 0) is 24.6 Å². The summed E-state index contributed by atoms with van der Waals surface area (Å²) in [7, 11) is 0. The van der Waals surface area contributed by atoms with Gasteiger partial charge in [-0.2, -0.15) is 11.8 Å². The average Bonchev–Trinajstić information content (AvgIpc) is 2.81. The molecule has 0 bridgehead atoms. The van der Waals surface area contributed by atoms with Crippen LogP contribution in [0.1, 0.15) is 13.3 Å². The third kappa shape index (κ3) is 2.29. The van der Waals surface area contributed by atoms with Gasteiger partial charge < -0.3 is 10.6 Å². The molecule has 1 atom stereocenters. The molecule has 0 aliphatic carbocycles. The summed E-state index contributed by atoms with van der Waals surface area (Å²) in [4.78, 5) is 7.15. The summed E-state index contributed by atoms with van der Waals surface area (Å²) < 4.78 is 1.19. The van der Waals surface area contributed by atoms with Crippen molar-refractivity contribution in [1.29, 1.82) is 0 Å². The highest BCUT2D eigenvalue weighted by Crippen LogP contribution is 2.33. The van der Waals surface area contributed by atoms with Crippen molar-refractivity contribution < 1.29 is 0 Å². The maximum atomic E-state index is 5.82. The Kier molecular flexibility index (Phi) is 3.35. The standard InChI is InChI=1S/C13H17N3S2/c1-2-10-8-16(5-6-17-10)13-15-11-4-3-9(14)7-12(11)18-13/h3-4,7,10H,2,5-6,8,14H2,1H3. The molecule has 1 aliphatic heterocycles. The van der Waals surface area contributed by atoms with Crippen molar-refractivity contribution in [3.05, 3.63) is 18.2 Å². The lowest BCUT2D eigenvalue weighted by atomic mass is 10.3. The van der Waals surface area contributed by atoms with Gasteiger partial charge in [-0.1, -0.05) is 18.3 Å². The number of thiazole rings is 1. The first-order chi connectivity index (χ1) is 8.76. The number of anilines is 2. The van der Waals surface area contributed by atoms with E-state index in [1.54, 1.807) is 11.3 Å². The SMILES string of the molecule is CCC1CN(c2nc3ccc(N)cc3s2)CCS1. The molecule has 0 radical (unpaired) electrons. The lowest BCUT2D eigenvalue weighted by molar-refractivity contribution is 0.727. The molecule has 0 spiro atoms. The maximum Gasteiger partial charge on any atom is 0.186 e. The number of thioether (sulfide) groups is 1. The molecule has 3 nitrogen and oxygen atoms in total. The van der Waals surface area contributed by atoms with E-state index in [9.17, 15) is 0 Å². The second-order valence-electron chi connectivity index (χ2n) is 4.57. The number of benzene rings is 1. The van der Waals surface area contributed by atoms with Gasteiger partial charge in [0.25, 0.3) is 0 Å². The van der Waals surface area contributed by atoms with Crippen molar-refractivity contribution in [2.24, 2.45) is 0 Å². The van der Waals surface area contributed by atoms with Gasteiger partial charge in [0, 0.05) is 29.8 Å². The van der Waals surface area contributed by atoms with Crippen LogP contribution in [0.15, 0.2) is 18.2 Å². The fourth-order valence-electron chi connectivity index (χ4n) is 2.20. The van der Waals surface area contributed by atoms with Crippen LogP contribution in [0, 0.1) is 0 Å². The van der Waals surface area contributed by atoms with Crippen LogP contribution < -0.4 is 10.6 Å². The summed E-state index contributed by atoms with van der Waals surface area (Å²) in [5.74, 6) is 1.20. The molecule has 2 heterocycles. The smallest absolute Gasteiger partial charge is 0.186 e. The molecule has 1 unspecified atom stereocenters. The molecule has 96 valence electrons. The first kappa shape index (κ1) is 12.1. The maximum absolute atomic E-state index is 5.82. The highest BCUT2D eigenvalue weighted by molar-refractivity contribution is 8.00. The van der Waals surface area contributed by atoms with Crippen molar-refractivity contribution in [1.82, 2.24) is 4.98 Å². The minimum absolute atomic E-state index is 0.746. The quantitative estimate of drug-likeness (QED) is 0.857.